The minimum Gasteiger partial charge on any atom is -0.247 e. The summed E-state index contributed by atoms with van der Waals surface area (Å²) in [6.07, 6.45) is 3.75. The van der Waals surface area contributed by atoms with Gasteiger partial charge in [0, 0.05) is 0 Å². The summed E-state index contributed by atoms with van der Waals surface area (Å²) in [5.74, 6) is 0.337. The Labute approximate surface area is 63.8 Å². The molecular formula is C9H19F. The zero-order chi connectivity index (χ0) is 7.98. The van der Waals surface area contributed by atoms with Gasteiger partial charge in [0.15, 0.2) is 0 Å². The third-order valence-corrected chi connectivity index (χ3v) is 2.01. The number of rotatable bonds is 0. The van der Waals surface area contributed by atoms with Crippen LogP contribution in [0.15, 0.2) is 0 Å². The Kier molecular flexibility index (Phi) is 5.66. The van der Waals surface area contributed by atoms with Gasteiger partial charge in [0.25, 0.3) is 0 Å². The van der Waals surface area contributed by atoms with Gasteiger partial charge in [-0.25, -0.2) is 4.39 Å². The second-order valence-corrected chi connectivity index (χ2v) is 2.78. The highest BCUT2D eigenvalue weighted by Gasteiger charge is 2.19. The summed E-state index contributed by atoms with van der Waals surface area (Å²) in [7, 11) is 0. The maximum atomic E-state index is 12.6. The molecule has 0 aromatic rings. The minimum absolute atomic E-state index is 0.337. The highest BCUT2D eigenvalue weighted by Crippen LogP contribution is 2.25. The van der Waals surface area contributed by atoms with E-state index in [-0.39, 0.29) is 0 Å². The molecule has 0 heterocycles. The maximum absolute atomic E-state index is 12.6. The van der Waals surface area contributed by atoms with Gasteiger partial charge in [-0.05, 0) is 18.8 Å². The van der Waals surface area contributed by atoms with E-state index in [1.807, 2.05) is 20.8 Å². The van der Waals surface area contributed by atoms with E-state index in [9.17, 15) is 4.39 Å². The fourth-order valence-corrected chi connectivity index (χ4v) is 1.27. The zero-order valence-electron chi connectivity index (χ0n) is 7.36. The molecule has 0 saturated heterocycles. The molecule has 1 aliphatic rings. The fourth-order valence-electron chi connectivity index (χ4n) is 1.27. The Bertz CT molecular complexity index is 61.1. The first kappa shape index (κ1) is 9.93. The molecule has 0 spiro atoms. The number of halogens is 1. The molecule has 0 aliphatic heterocycles. The Morgan fingerprint density at radius 2 is 1.60 bits per heavy atom. The normalized spacial score (nSPS) is 32.4. The van der Waals surface area contributed by atoms with Gasteiger partial charge in [0.1, 0.15) is 6.17 Å². The van der Waals surface area contributed by atoms with Gasteiger partial charge in [-0.15, -0.1) is 0 Å². The van der Waals surface area contributed by atoms with Crippen molar-refractivity contribution in [1.29, 1.82) is 0 Å². The summed E-state index contributed by atoms with van der Waals surface area (Å²) in [5, 5.41) is 0. The number of hydrogen-bond donors (Lipinski definition) is 0. The van der Waals surface area contributed by atoms with Crippen molar-refractivity contribution >= 4 is 0 Å². The van der Waals surface area contributed by atoms with Crippen LogP contribution in [0, 0.1) is 5.92 Å². The average Bonchev–Trinajstić information content (AvgIpc) is 2.00. The van der Waals surface area contributed by atoms with Crippen molar-refractivity contribution in [2.45, 2.75) is 52.6 Å². The molecule has 0 bridgehead atoms. The standard InChI is InChI=1S/C7H13F.C2H6/c1-6-4-2-3-5-7(6)8;1-2/h6-7H,2-5H2,1H3;1-2H3/t6-,7-;/m0./s1. The van der Waals surface area contributed by atoms with Crippen LogP contribution < -0.4 is 0 Å². The van der Waals surface area contributed by atoms with Gasteiger partial charge in [-0.2, -0.15) is 0 Å². The van der Waals surface area contributed by atoms with Gasteiger partial charge in [0.2, 0.25) is 0 Å². The largest absolute Gasteiger partial charge is 0.247 e. The van der Waals surface area contributed by atoms with Crippen molar-refractivity contribution in [1.82, 2.24) is 0 Å². The molecule has 0 nitrogen and oxygen atoms in total. The third-order valence-electron chi connectivity index (χ3n) is 2.01. The van der Waals surface area contributed by atoms with Crippen LogP contribution in [0.3, 0.4) is 0 Å². The Morgan fingerprint density at radius 3 is 1.90 bits per heavy atom. The van der Waals surface area contributed by atoms with Crippen LogP contribution in [0.4, 0.5) is 4.39 Å². The molecule has 0 amide bonds. The molecular weight excluding hydrogens is 127 g/mol. The van der Waals surface area contributed by atoms with Crippen molar-refractivity contribution in [3.05, 3.63) is 0 Å². The van der Waals surface area contributed by atoms with E-state index >= 15 is 0 Å². The first-order chi connectivity index (χ1) is 4.80. The van der Waals surface area contributed by atoms with Crippen LogP contribution in [-0.4, -0.2) is 6.17 Å². The van der Waals surface area contributed by atoms with Crippen LogP contribution in [-0.2, 0) is 0 Å². The first-order valence-corrected chi connectivity index (χ1v) is 4.45. The number of hydrogen-bond acceptors (Lipinski definition) is 0. The Balaban J connectivity index is 0.000000371. The van der Waals surface area contributed by atoms with E-state index in [1.54, 1.807) is 0 Å². The summed E-state index contributed by atoms with van der Waals surface area (Å²) < 4.78 is 12.6. The van der Waals surface area contributed by atoms with E-state index in [0.717, 1.165) is 19.3 Å². The topological polar surface area (TPSA) is 0 Å². The minimum atomic E-state index is -0.497. The van der Waals surface area contributed by atoms with Crippen molar-refractivity contribution in [2.24, 2.45) is 5.92 Å². The van der Waals surface area contributed by atoms with Crippen molar-refractivity contribution in [3.63, 3.8) is 0 Å². The molecule has 0 radical (unpaired) electrons. The smallest absolute Gasteiger partial charge is 0.103 e. The Hall–Kier alpha value is -0.0700. The summed E-state index contributed by atoms with van der Waals surface area (Å²) >= 11 is 0. The summed E-state index contributed by atoms with van der Waals surface area (Å²) in [4.78, 5) is 0. The molecule has 1 saturated carbocycles. The number of alkyl halides is 1. The Morgan fingerprint density at radius 1 is 1.10 bits per heavy atom. The van der Waals surface area contributed by atoms with Crippen LogP contribution >= 0.6 is 0 Å². The fraction of sp³-hybridized carbons (Fsp3) is 1.00. The molecule has 0 aromatic heterocycles. The molecule has 1 rings (SSSR count). The SMILES string of the molecule is CC.C[C@H]1CCCC[C@@H]1F. The van der Waals surface area contributed by atoms with Crippen molar-refractivity contribution in [3.8, 4) is 0 Å². The molecule has 0 N–H and O–H groups in total. The van der Waals surface area contributed by atoms with E-state index < -0.39 is 6.17 Å². The highest BCUT2D eigenvalue weighted by atomic mass is 19.1. The van der Waals surface area contributed by atoms with E-state index in [2.05, 4.69) is 0 Å². The van der Waals surface area contributed by atoms with E-state index in [1.165, 1.54) is 6.42 Å². The molecule has 62 valence electrons. The quantitative estimate of drug-likeness (QED) is 0.490. The zero-order valence-corrected chi connectivity index (χ0v) is 7.36. The van der Waals surface area contributed by atoms with Crippen LogP contribution in [0.2, 0.25) is 0 Å². The summed E-state index contributed by atoms with van der Waals surface area (Å²) in [6, 6.07) is 0. The maximum Gasteiger partial charge on any atom is 0.103 e. The van der Waals surface area contributed by atoms with Crippen molar-refractivity contribution in [2.75, 3.05) is 0 Å². The summed E-state index contributed by atoms with van der Waals surface area (Å²) in [5.41, 5.74) is 0. The molecule has 0 unspecified atom stereocenters. The predicted octanol–water partition coefficient (Wildman–Crippen LogP) is 3.56. The first-order valence-electron chi connectivity index (χ1n) is 4.45. The second-order valence-electron chi connectivity index (χ2n) is 2.78. The van der Waals surface area contributed by atoms with Gasteiger partial charge in [-0.3, -0.25) is 0 Å². The lowest BCUT2D eigenvalue weighted by molar-refractivity contribution is 0.179. The average molecular weight is 146 g/mol. The highest BCUT2D eigenvalue weighted by molar-refractivity contribution is 4.70. The van der Waals surface area contributed by atoms with Crippen LogP contribution in [0.1, 0.15) is 46.5 Å². The van der Waals surface area contributed by atoms with E-state index in [0.29, 0.717) is 5.92 Å². The van der Waals surface area contributed by atoms with Gasteiger partial charge in [-0.1, -0.05) is 33.6 Å². The molecule has 10 heavy (non-hydrogen) atoms. The van der Waals surface area contributed by atoms with Gasteiger partial charge < -0.3 is 0 Å². The molecule has 1 heteroatoms. The lowest BCUT2D eigenvalue weighted by Crippen LogP contribution is -2.16. The monoisotopic (exact) mass is 146 g/mol. The molecule has 1 aliphatic carbocycles. The predicted molar refractivity (Wildman–Crippen MR) is 43.9 cm³/mol. The van der Waals surface area contributed by atoms with Crippen LogP contribution in [0.25, 0.3) is 0 Å². The summed E-state index contributed by atoms with van der Waals surface area (Å²) in [6.45, 7) is 6.00. The van der Waals surface area contributed by atoms with E-state index in [4.69, 9.17) is 0 Å². The molecule has 2 atom stereocenters. The molecule has 0 aromatic carbocycles. The lowest BCUT2D eigenvalue weighted by atomic mass is 9.89. The second kappa shape index (κ2) is 5.70. The van der Waals surface area contributed by atoms with Gasteiger partial charge >= 0.3 is 0 Å². The van der Waals surface area contributed by atoms with Gasteiger partial charge in [0.05, 0.1) is 0 Å². The van der Waals surface area contributed by atoms with Crippen molar-refractivity contribution < 1.29 is 4.39 Å². The third kappa shape index (κ3) is 3.19. The van der Waals surface area contributed by atoms with Crippen LogP contribution in [0.5, 0.6) is 0 Å². The molecule has 1 fully saturated rings. The lowest BCUT2D eigenvalue weighted by Gasteiger charge is -2.21.